The van der Waals surface area contributed by atoms with Crippen molar-refractivity contribution in [1.82, 2.24) is 9.29 Å². The minimum absolute atomic E-state index is 0.109. The van der Waals surface area contributed by atoms with Gasteiger partial charge in [-0.05, 0) is 42.9 Å². The van der Waals surface area contributed by atoms with E-state index in [2.05, 4.69) is 30.1 Å². The smallest absolute Gasteiger partial charge is 0.240 e. The number of aryl methyl sites for hydroxylation is 1. The number of nitrogens with two attached hydrogens (primary N) is 2. The maximum Gasteiger partial charge on any atom is 0.240 e. The predicted octanol–water partition coefficient (Wildman–Crippen LogP) is 1.94. The molecule has 0 aliphatic carbocycles. The SMILES string of the molecule is Cc1cc(C2CCN(S(=O)(=O)C3(C(N)=O)CCOCC3)CC2)ccc1-c1cccc(OCCN)n1. The van der Waals surface area contributed by atoms with Crippen molar-refractivity contribution in [3.63, 3.8) is 0 Å². The van der Waals surface area contributed by atoms with E-state index >= 15 is 0 Å². The summed E-state index contributed by atoms with van der Waals surface area (Å²) in [7, 11) is -3.86. The number of hydrogen-bond donors (Lipinski definition) is 2. The van der Waals surface area contributed by atoms with Crippen LogP contribution in [0.2, 0.25) is 0 Å². The summed E-state index contributed by atoms with van der Waals surface area (Å²) in [4.78, 5) is 16.8. The van der Waals surface area contributed by atoms with Crippen LogP contribution in [0, 0.1) is 6.92 Å². The van der Waals surface area contributed by atoms with E-state index in [0.29, 0.717) is 45.0 Å². The third kappa shape index (κ3) is 5.06. The molecule has 0 spiro atoms. The molecule has 190 valence electrons. The number of ether oxygens (including phenoxy) is 2. The molecule has 0 unspecified atom stereocenters. The lowest BCUT2D eigenvalue weighted by atomic mass is 9.88. The Bertz CT molecular complexity index is 1160. The largest absolute Gasteiger partial charge is 0.476 e. The van der Waals surface area contributed by atoms with Crippen LogP contribution in [0.1, 0.15) is 42.7 Å². The highest BCUT2D eigenvalue weighted by Crippen LogP contribution is 2.37. The third-order valence-electron chi connectivity index (χ3n) is 7.13. The quantitative estimate of drug-likeness (QED) is 0.562. The lowest BCUT2D eigenvalue weighted by molar-refractivity contribution is -0.123. The summed E-state index contributed by atoms with van der Waals surface area (Å²) in [5, 5.41) is 0. The molecule has 1 aromatic carbocycles. The van der Waals surface area contributed by atoms with Crippen molar-refractivity contribution in [1.29, 1.82) is 0 Å². The van der Waals surface area contributed by atoms with Crippen LogP contribution in [0.3, 0.4) is 0 Å². The molecule has 0 atom stereocenters. The number of primary amides is 1. The number of hydrogen-bond acceptors (Lipinski definition) is 7. The number of nitrogens with zero attached hydrogens (tertiary/aromatic N) is 2. The number of piperidine rings is 1. The van der Waals surface area contributed by atoms with E-state index in [1.807, 2.05) is 18.2 Å². The van der Waals surface area contributed by atoms with Crippen LogP contribution in [0.5, 0.6) is 5.88 Å². The molecular weight excluding hydrogens is 468 g/mol. The highest BCUT2D eigenvalue weighted by Gasteiger charge is 2.53. The zero-order chi connectivity index (χ0) is 25.1. The first-order chi connectivity index (χ1) is 16.8. The molecule has 2 aliphatic heterocycles. The Kier molecular flexibility index (Phi) is 7.75. The van der Waals surface area contributed by atoms with Gasteiger partial charge in [-0.1, -0.05) is 24.3 Å². The van der Waals surface area contributed by atoms with Crippen LogP contribution in [0.25, 0.3) is 11.3 Å². The lowest BCUT2D eigenvalue weighted by Gasteiger charge is -2.40. The summed E-state index contributed by atoms with van der Waals surface area (Å²) in [6.07, 6.45) is 1.59. The fourth-order valence-corrected chi connectivity index (χ4v) is 7.17. The summed E-state index contributed by atoms with van der Waals surface area (Å²) in [5.41, 5.74) is 15.2. The minimum atomic E-state index is -3.86. The maximum atomic E-state index is 13.4. The van der Waals surface area contributed by atoms with Crippen molar-refractivity contribution in [2.24, 2.45) is 11.5 Å². The van der Waals surface area contributed by atoms with E-state index in [0.717, 1.165) is 16.8 Å². The second kappa shape index (κ2) is 10.6. The fourth-order valence-electron chi connectivity index (χ4n) is 5.05. The number of carbonyl (C=O) groups excluding carboxylic acids is 1. The van der Waals surface area contributed by atoms with E-state index in [9.17, 15) is 13.2 Å². The van der Waals surface area contributed by atoms with Crippen LogP contribution >= 0.6 is 0 Å². The van der Waals surface area contributed by atoms with Gasteiger partial charge in [0, 0.05) is 57.3 Å². The van der Waals surface area contributed by atoms with Crippen LogP contribution < -0.4 is 16.2 Å². The number of pyridine rings is 1. The van der Waals surface area contributed by atoms with E-state index < -0.39 is 20.7 Å². The standard InChI is InChI=1S/C25H34N4O5S/c1-18-17-20(5-6-21(18)22-3-2-4-23(28-22)34-16-11-26)19-7-12-29(13-8-19)35(31,32)25(24(27)30)9-14-33-15-10-25/h2-6,17,19H,7-16,26H2,1H3,(H2,27,30). The molecule has 4 N–H and O–H groups in total. The Morgan fingerprint density at radius 1 is 1.20 bits per heavy atom. The first kappa shape index (κ1) is 25.6. The zero-order valence-electron chi connectivity index (χ0n) is 20.1. The molecule has 1 amide bonds. The average molecular weight is 503 g/mol. The van der Waals surface area contributed by atoms with Gasteiger partial charge in [0.2, 0.25) is 21.8 Å². The topological polar surface area (TPSA) is 138 Å². The number of aromatic nitrogens is 1. The Labute approximate surface area is 206 Å². The second-order valence-electron chi connectivity index (χ2n) is 9.22. The second-order valence-corrected chi connectivity index (χ2v) is 11.5. The molecule has 4 rings (SSSR count). The maximum absolute atomic E-state index is 13.4. The summed E-state index contributed by atoms with van der Waals surface area (Å²) >= 11 is 0. The van der Waals surface area contributed by atoms with Crippen molar-refractivity contribution in [2.75, 3.05) is 39.5 Å². The number of amides is 1. The zero-order valence-corrected chi connectivity index (χ0v) is 20.9. The summed E-state index contributed by atoms with van der Waals surface area (Å²) in [6, 6.07) is 12.0. The van der Waals surface area contributed by atoms with Crippen LogP contribution in [0.4, 0.5) is 0 Å². The molecule has 1 aromatic heterocycles. The van der Waals surface area contributed by atoms with Gasteiger partial charge < -0.3 is 20.9 Å². The number of carbonyl (C=O) groups is 1. The predicted molar refractivity (Wildman–Crippen MR) is 133 cm³/mol. The van der Waals surface area contributed by atoms with Crippen molar-refractivity contribution in [2.45, 2.75) is 43.3 Å². The van der Waals surface area contributed by atoms with Gasteiger partial charge in [-0.3, -0.25) is 4.79 Å². The number of sulfonamides is 1. The van der Waals surface area contributed by atoms with Gasteiger partial charge in [0.15, 0.2) is 4.75 Å². The Balaban J connectivity index is 1.46. The summed E-state index contributed by atoms with van der Waals surface area (Å²) in [5.74, 6) is 0.00381. The van der Waals surface area contributed by atoms with Gasteiger partial charge in [-0.15, -0.1) is 0 Å². The fraction of sp³-hybridized carbons (Fsp3) is 0.520. The van der Waals surface area contributed by atoms with Crippen molar-refractivity contribution < 1.29 is 22.7 Å². The molecule has 2 fully saturated rings. The molecule has 2 aliphatic rings. The molecule has 0 radical (unpaired) electrons. The Hall–Kier alpha value is -2.53. The van der Waals surface area contributed by atoms with Crippen LogP contribution in [0.15, 0.2) is 36.4 Å². The normalized spacial score (nSPS) is 19.4. The highest BCUT2D eigenvalue weighted by atomic mass is 32.2. The summed E-state index contributed by atoms with van der Waals surface area (Å²) in [6.45, 7) is 4.07. The Morgan fingerprint density at radius 3 is 2.54 bits per heavy atom. The highest BCUT2D eigenvalue weighted by molar-refractivity contribution is 7.91. The van der Waals surface area contributed by atoms with Crippen LogP contribution in [-0.2, 0) is 19.6 Å². The van der Waals surface area contributed by atoms with E-state index in [4.69, 9.17) is 20.9 Å². The number of rotatable bonds is 8. The molecular formula is C25H34N4O5S. The van der Waals surface area contributed by atoms with Gasteiger partial charge in [0.1, 0.15) is 6.61 Å². The summed E-state index contributed by atoms with van der Waals surface area (Å²) < 4.78 is 37.6. The van der Waals surface area contributed by atoms with Crippen molar-refractivity contribution in [3.05, 3.63) is 47.5 Å². The molecule has 2 saturated heterocycles. The molecule has 0 saturated carbocycles. The average Bonchev–Trinajstić information content (AvgIpc) is 2.88. The Morgan fingerprint density at radius 2 is 1.91 bits per heavy atom. The van der Waals surface area contributed by atoms with E-state index in [1.165, 1.54) is 9.87 Å². The van der Waals surface area contributed by atoms with Crippen LogP contribution in [-0.4, -0.2) is 67.8 Å². The van der Waals surface area contributed by atoms with Crippen molar-refractivity contribution in [3.8, 4) is 17.1 Å². The molecule has 2 aromatic rings. The first-order valence-corrected chi connectivity index (χ1v) is 13.5. The molecule has 9 nitrogen and oxygen atoms in total. The molecule has 10 heteroatoms. The molecule has 0 bridgehead atoms. The van der Waals surface area contributed by atoms with Gasteiger partial charge >= 0.3 is 0 Å². The van der Waals surface area contributed by atoms with Gasteiger partial charge in [0.05, 0.1) is 5.69 Å². The first-order valence-electron chi connectivity index (χ1n) is 12.1. The number of benzene rings is 1. The van der Waals surface area contributed by atoms with Gasteiger partial charge in [-0.2, -0.15) is 0 Å². The van der Waals surface area contributed by atoms with Gasteiger partial charge in [-0.25, -0.2) is 17.7 Å². The molecule has 3 heterocycles. The van der Waals surface area contributed by atoms with E-state index in [1.54, 1.807) is 0 Å². The third-order valence-corrected chi connectivity index (χ3v) is 9.77. The van der Waals surface area contributed by atoms with Crippen molar-refractivity contribution >= 4 is 15.9 Å². The minimum Gasteiger partial charge on any atom is -0.476 e. The lowest BCUT2D eigenvalue weighted by Crippen LogP contribution is -2.59. The van der Waals surface area contributed by atoms with Gasteiger partial charge in [0.25, 0.3) is 0 Å². The van der Waals surface area contributed by atoms with E-state index in [-0.39, 0.29) is 32.0 Å². The monoisotopic (exact) mass is 502 g/mol. The molecule has 35 heavy (non-hydrogen) atoms.